The lowest BCUT2D eigenvalue weighted by atomic mass is 10.2. The van der Waals surface area contributed by atoms with Crippen molar-refractivity contribution in [3.63, 3.8) is 0 Å². The van der Waals surface area contributed by atoms with Gasteiger partial charge in [-0.3, -0.25) is 4.79 Å². The van der Waals surface area contributed by atoms with Crippen LogP contribution in [0.5, 0.6) is 0 Å². The van der Waals surface area contributed by atoms with Gasteiger partial charge >= 0.3 is 0 Å². The molecular formula is C13H18ClNO2. The summed E-state index contributed by atoms with van der Waals surface area (Å²) < 4.78 is 5.38. The van der Waals surface area contributed by atoms with E-state index < -0.39 is 0 Å². The molecule has 0 atom stereocenters. The Labute approximate surface area is 107 Å². The van der Waals surface area contributed by atoms with Gasteiger partial charge in [0.05, 0.1) is 16.7 Å². The summed E-state index contributed by atoms with van der Waals surface area (Å²) in [4.78, 5) is 11.7. The first-order valence-corrected chi connectivity index (χ1v) is 6.13. The van der Waals surface area contributed by atoms with Crippen molar-refractivity contribution in [1.82, 2.24) is 5.32 Å². The Morgan fingerprint density at radius 2 is 2.12 bits per heavy atom. The molecule has 0 spiro atoms. The van der Waals surface area contributed by atoms with Gasteiger partial charge in [0.2, 0.25) is 0 Å². The monoisotopic (exact) mass is 255 g/mol. The summed E-state index contributed by atoms with van der Waals surface area (Å²) in [6, 6.07) is 7.01. The number of benzene rings is 1. The van der Waals surface area contributed by atoms with Crippen molar-refractivity contribution in [3.8, 4) is 0 Å². The number of ether oxygens (including phenoxy) is 1. The van der Waals surface area contributed by atoms with E-state index >= 15 is 0 Å². The van der Waals surface area contributed by atoms with Crippen LogP contribution in [0.15, 0.2) is 24.3 Å². The molecule has 0 heterocycles. The van der Waals surface area contributed by atoms with Gasteiger partial charge in [-0.1, -0.05) is 23.7 Å². The van der Waals surface area contributed by atoms with Crippen LogP contribution in [0.3, 0.4) is 0 Å². The maximum absolute atomic E-state index is 11.7. The first-order valence-electron chi connectivity index (χ1n) is 5.75. The lowest BCUT2D eigenvalue weighted by molar-refractivity contribution is 0.0757. The largest absolute Gasteiger partial charge is 0.379 e. The second-order valence-electron chi connectivity index (χ2n) is 4.01. The smallest absolute Gasteiger partial charge is 0.252 e. The highest BCUT2D eigenvalue weighted by molar-refractivity contribution is 6.33. The fourth-order valence-electron chi connectivity index (χ4n) is 1.33. The van der Waals surface area contributed by atoms with E-state index in [2.05, 4.69) is 5.32 Å². The molecule has 17 heavy (non-hydrogen) atoms. The highest BCUT2D eigenvalue weighted by Gasteiger charge is 2.08. The first-order chi connectivity index (χ1) is 8.11. The maximum Gasteiger partial charge on any atom is 0.252 e. The molecular weight excluding hydrogens is 238 g/mol. The lowest BCUT2D eigenvalue weighted by Gasteiger charge is -2.08. The minimum absolute atomic E-state index is 0.139. The molecule has 0 aliphatic carbocycles. The number of halogens is 1. The van der Waals surface area contributed by atoms with Crippen LogP contribution < -0.4 is 5.32 Å². The third kappa shape index (κ3) is 5.20. The number of hydrogen-bond acceptors (Lipinski definition) is 2. The van der Waals surface area contributed by atoms with Gasteiger partial charge in [0.25, 0.3) is 5.91 Å². The van der Waals surface area contributed by atoms with E-state index in [0.717, 1.165) is 6.42 Å². The third-order valence-electron chi connectivity index (χ3n) is 2.18. The van der Waals surface area contributed by atoms with E-state index in [9.17, 15) is 4.79 Å². The second kappa shape index (κ2) is 7.30. The van der Waals surface area contributed by atoms with Crippen molar-refractivity contribution in [2.24, 2.45) is 0 Å². The molecule has 1 aromatic carbocycles. The number of rotatable bonds is 6. The van der Waals surface area contributed by atoms with Crippen molar-refractivity contribution in [1.29, 1.82) is 0 Å². The van der Waals surface area contributed by atoms with Crippen LogP contribution in [-0.4, -0.2) is 25.2 Å². The molecule has 1 rings (SSSR count). The van der Waals surface area contributed by atoms with Crippen LogP contribution in [0.25, 0.3) is 0 Å². The zero-order valence-corrected chi connectivity index (χ0v) is 11.0. The number of amides is 1. The summed E-state index contributed by atoms with van der Waals surface area (Å²) in [6.07, 6.45) is 1.03. The number of carbonyl (C=O) groups excluding carboxylic acids is 1. The van der Waals surface area contributed by atoms with Gasteiger partial charge in [-0.05, 0) is 32.4 Å². The van der Waals surface area contributed by atoms with E-state index in [4.69, 9.17) is 16.3 Å². The summed E-state index contributed by atoms with van der Waals surface area (Å²) in [5, 5.41) is 3.29. The van der Waals surface area contributed by atoms with Crippen molar-refractivity contribution in [3.05, 3.63) is 34.9 Å². The average molecular weight is 256 g/mol. The molecule has 0 bridgehead atoms. The standard InChI is InChI=1S/C13H18ClNO2/c1-10(2)17-9-5-8-15-13(16)11-6-3-4-7-12(11)14/h3-4,6-7,10H,5,8-9H2,1-2H3,(H,15,16). The quantitative estimate of drug-likeness (QED) is 0.794. The highest BCUT2D eigenvalue weighted by atomic mass is 35.5. The molecule has 0 saturated carbocycles. The zero-order valence-electron chi connectivity index (χ0n) is 10.2. The van der Waals surface area contributed by atoms with E-state index in [1.165, 1.54) is 0 Å². The Morgan fingerprint density at radius 1 is 1.41 bits per heavy atom. The van der Waals surface area contributed by atoms with Crippen LogP contribution in [0, 0.1) is 0 Å². The molecule has 0 aliphatic rings. The first kappa shape index (κ1) is 14.0. The fourth-order valence-corrected chi connectivity index (χ4v) is 1.56. The molecule has 94 valence electrons. The molecule has 3 nitrogen and oxygen atoms in total. The van der Waals surface area contributed by atoms with Crippen molar-refractivity contribution in [2.45, 2.75) is 26.4 Å². The summed E-state index contributed by atoms with van der Waals surface area (Å²) >= 11 is 5.92. The zero-order chi connectivity index (χ0) is 12.7. The van der Waals surface area contributed by atoms with Gasteiger partial charge in [0.1, 0.15) is 0 Å². The minimum Gasteiger partial charge on any atom is -0.379 e. The van der Waals surface area contributed by atoms with Gasteiger partial charge in [-0.2, -0.15) is 0 Å². The van der Waals surface area contributed by atoms with Crippen LogP contribution in [0.1, 0.15) is 30.6 Å². The molecule has 1 N–H and O–H groups in total. The number of nitrogens with one attached hydrogen (secondary N) is 1. The minimum atomic E-state index is -0.139. The summed E-state index contributed by atoms with van der Waals surface area (Å²) in [5.41, 5.74) is 0.513. The predicted octanol–water partition coefficient (Wildman–Crippen LogP) is 2.88. The normalized spacial score (nSPS) is 10.6. The topological polar surface area (TPSA) is 38.3 Å². The van der Waals surface area contributed by atoms with E-state index in [-0.39, 0.29) is 12.0 Å². The SMILES string of the molecule is CC(C)OCCCNC(=O)c1ccccc1Cl. The third-order valence-corrected chi connectivity index (χ3v) is 2.51. The predicted molar refractivity (Wildman–Crippen MR) is 69.5 cm³/mol. The summed E-state index contributed by atoms with van der Waals surface area (Å²) in [6.45, 7) is 5.22. The molecule has 0 radical (unpaired) electrons. The maximum atomic E-state index is 11.7. The van der Waals surface area contributed by atoms with Gasteiger partial charge in [-0.25, -0.2) is 0 Å². The molecule has 0 aliphatic heterocycles. The van der Waals surface area contributed by atoms with E-state index in [1.54, 1.807) is 24.3 Å². The van der Waals surface area contributed by atoms with Crippen LogP contribution in [-0.2, 0) is 4.74 Å². The number of hydrogen-bond donors (Lipinski definition) is 1. The Hall–Kier alpha value is -1.06. The Balaban J connectivity index is 2.29. The lowest BCUT2D eigenvalue weighted by Crippen LogP contribution is -2.25. The van der Waals surface area contributed by atoms with Gasteiger partial charge < -0.3 is 10.1 Å². The number of carbonyl (C=O) groups is 1. The summed E-state index contributed by atoms with van der Waals surface area (Å²) in [5.74, 6) is -0.139. The summed E-state index contributed by atoms with van der Waals surface area (Å²) in [7, 11) is 0. The van der Waals surface area contributed by atoms with E-state index in [0.29, 0.717) is 23.7 Å². The second-order valence-corrected chi connectivity index (χ2v) is 4.42. The van der Waals surface area contributed by atoms with Crippen molar-refractivity contribution >= 4 is 17.5 Å². The fraction of sp³-hybridized carbons (Fsp3) is 0.462. The van der Waals surface area contributed by atoms with Gasteiger partial charge in [-0.15, -0.1) is 0 Å². The van der Waals surface area contributed by atoms with Gasteiger partial charge in [0.15, 0.2) is 0 Å². The molecule has 1 amide bonds. The molecule has 0 unspecified atom stereocenters. The van der Waals surface area contributed by atoms with Gasteiger partial charge in [0, 0.05) is 13.2 Å². The Morgan fingerprint density at radius 3 is 2.76 bits per heavy atom. The highest BCUT2D eigenvalue weighted by Crippen LogP contribution is 2.14. The molecule has 4 heteroatoms. The average Bonchev–Trinajstić information content (AvgIpc) is 2.28. The molecule has 0 saturated heterocycles. The van der Waals surface area contributed by atoms with E-state index in [1.807, 2.05) is 13.8 Å². The van der Waals surface area contributed by atoms with Crippen LogP contribution in [0.4, 0.5) is 0 Å². The molecule has 0 fully saturated rings. The van der Waals surface area contributed by atoms with Crippen LogP contribution >= 0.6 is 11.6 Å². The van der Waals surface area contributed by atoms with Crippen LogP contribution in [0.2, 0.25) is 5.02 Å². The van der Waals surface area contributed by atoms with Crippen molar-refractivity contribution in [2.75, 3.05) is 13.2 Å². The molecule has 0 aromatic heterocycles. The van der Waals surface area contributed by atoms with Crippen molar-refractivity contribution < 1.29 is 9.53 Å². The Kier molecular flexibility index (Phi) is 6.01. The Bertz CT molecular complexity index is 366. The molecule has 1 aromatic rings.